The van der Waals surface area contributed by atoms with Crippen LogP contribution in [0.4, 0.5) is 24.7 Å². The van der Waals surface area contributed by atoms with Crippen LogP contribution in [0.2, 0.25) is 0 Å². The Bertz CT molecular complexity index is 700. The lowest BCUT2D eigenvalue weighted by Crippen LogP contribution is -2.09. The lowest BCUT2D eigenvalue weighted by atomic mass is 10.1. The molecule has 0 fully saturated rings. The smallest absolute Gasteiger partial charge is 0.370 e. The van der Waals surface area contributed by atoms with Gasteiger partial charge in [0.15, 0.2) is 0 Å². The van der Waals surface area contributed by atoms with E-state index in [0.29, 0.717) is 24.3 Å². The number of benzene rings is 1. The van der Waals surface area contributed by atoms with Gasteiger partial charge in [-0.1, -0.05) is 12.1 Å². The van der Waals surface area contributed by atoms with E-state index in [-0.39, 0.29) is 5.69 Å². The van der Waals surface area contributed by atoms with Crippen molar-refractivity contribution in [1.82, 2.24) is 4.98 Å². The van der Waals surface area contributed by atoms with E-state index in [2.05, 4.69) is 10.3 Å². The maximum Gasteiger partial charge on any atom is 0.416 e. The van der Waals surface area contributed by atoms with E-state index in [1.807, 2.05) is 0 Å². The van der Waals surface area contributed by atoms with Crippen LogP contribution in [0, 0.1) is 17.0 Å². The van der Waals surface area contributed by atoms with Crippen LogP contribution in [0.25, 0.3) is 0 Å². The normalized spacial score (nSPS) is 11.3. The van der Waals surface area contributed by atoms with E-state index in [1.54, 1.807) is 6.92 Å². The summed E-state index contributed by atoms with van der Waals surface area (Å²) in [6, 6.07) is 6.37. The number of rotatable bonds is 5. The molecule has 0 spiro atoms. The van der Waals surface area contributed by atoms with Crippen LogP contribution < -0.4 is 5.32 Å². The van der Waals surface area contributed by atoms with Gasteiger partial charge in [0.2, 0.25) is 0 Å². The molecule has 122 valence electrons. The Morgan fingerprint density at radius 3 is 2.43 bits per heavy atom. The highest BCUT2D eigenvalue weighted by Crippen LogP contribution is 2.29. The molecule has 1 aromatic heterocycles. The second-order valence-electron chi connectivity index (χ2n) is 4.99. The second kappa shape index (κ2) is 6.64. The van der Waals surface area contributed by atoms with Crippen molar-refractivity contribution in [2.45, 2.75) is 19.5 Å². The largest absolute Gasteiger partial charge is 0.416 e. The zero-order chi connectivity index (χ0) is 17.0. The van der Waals surface area contributed by atoms with Gasteiger partial charge in [-0.3, -0.25) is 10.1 Å². The zero-order valence-electron chi connectivity index (χ0n) is 12.2. The molecule has 0 saturated heterocycles. The molecule has 2 aromatic rings. The van der Waals surface area contributed by atoms with Gasteiger partial charge in [-0.05, 0) is 36.6 Å². The average molecular weight is 325 g/mol. The highest BCUT2D eigenvalue weighted by atomic mass is 19.4. The van der Waals surface area contributed by atoms with Crippen LogP contribution >= 0.6 is 0 Å². The quantitative estimate of drug-likeness (QED) is 0.667. The van der Waals surface area contributed by atoms with Crippen molar-refractivity contribution in [2.24, 2.45) is 0 Å². The minimum Gasteiger partial charge on any atom is -0.370 e. The molecule has 1 aromatic carbocycles. The van der Waals surface area contributed by atoms with Crippen molar-refractivity contribution in [1.29, 1.82) is 0 Å². The van der Waals surface area contributed by atoms with Crippen LogP contribution in [0.5, 0.6) is 0 Å². The maximum atomic E-state index is 12.5. The average Bonchev–Trinajstić information content (AvgIpc) is 2.48. The lowest BCUT2D eigenvalue weighted by Gasteiger charge is -2.09. The summed E-state index contributed by atoms with van der Waals surface area (Å²) in [6.45, 7) is 2.15. The third-order valence-corrected chi connectivity index (χ3v) is 3.26. The van der Waals surface area contributed by atoms with E-state index in [1.165, 1.54) is 18.2 Å². The number of halogens is 3. The molecule has 0 bridgehead atoms. The Morgan fingerprint density at radius 2 is 1.91 bits per heavy atom. The zero-order valence-corrected chi connectivity index (χ0v) is 12.2. The molecular formula is C15H14F3N3O2. The minimum absolute atomic E-state index is 0.0872. The molecule has 1 N–H and O–H groups in total. The number of aromatic nitrogens is 1. The Hall–Kier alpha value is -2.64. The predicted octanol–water partition coefficient (Wildman–Crippen LogP) is 3.97. The standard InChI is InChI=1S/C15H14F3N3O2/c1-10-8-13(21(22)23)9-20-14(10)19-7-6-11-2-4-12(5-3-11)15(16,17)18/h2-5,8-9H,6-7H2,1H3,(H,19,20). The minimum atomic E-state index is -4.34. The van der Waals surface area contributed by atoms with E-state index in [9.17, 15) is 23.3 Å². The van der Waals surface area contributed by atoms with Crippen LogP contribution in [-0.4, -0.2) is 16.5 Å². The third-order valence-electron chi connectivity index (χ3n) is 3.26. The fourth-order valence-corrected chi connectivity index (χ4v) is 2.03. The molecule has 0 amide bonds. The van der Waals surface area contributed by atoms with Gasteiger partial charge in [-0.2, -0.15) is 13.2 Å². The van der Waals surface area contributed by atoms with E-state index in [0.717, 1.165) is 23.9 Å². The molecular weight excluding hydrogens is 311 g/mol. The monoisotopic (exact) mass is 325 g/mol. The first-order valence-corrected chi connectivity index (χ1v) is 6.78. The van der Waals surface area contributed by atoms with E-state index < -0.39 is 16.7 Å². The van der Waals surface area contributed by atoms with E-state index in [4.69, 9.17) is 0 Å². The van der Waals surface area contributed by atoms with E-state index >= 15 is 0 Å². The highest BCUT2D eigenvalue weighted by Gasteiger charge is 2.29. The summed E-state index contributed by atoms with van der Waals surface area (Å²) in [5.74, 6) is 0.516. The molecule has 0 aliphatic rings. The van der Waals surface area contributed by atoms with Gasteiger partial charge in [0.1, 0.15) is 12.0 Å². The van der Waals surface area contributed by atoms with Gasteiger partial charge in [0.25, 0.3) is 5.69 Å². The first kappa shape index (κ1) is 16.7. The van der Waals surface area contributed by atoms with Crippen molar-refractivity contribution in [3.8, 4) is 0 Å². The molecule has 0 unspecified atom stereocenters. The van der Waals surface area contributed by atoms with Gasteiger partial charge < -0.3 is 5.32 Å². The van der Waals surface area contributed by atoms with Gasteiger partial charge in [0.05, 0.1) is 10.5 Å². The SMILES string of the molecule is Cc1cc([N+](=O)[O-])cnc1NCCc1ccc(C(F)(F)F)cc1. The fraction of sp³-hybridized carbons (Fsp3) is 0.267. The topological polar surface area (TPSA) is 68.1 Å². The van der Waals surface area contributed by atoms with Crippen molar-refractivity contribution in [3.05, 3.63) is 63.3 Å². The van der Waals surface area contributed by atoms with Crippen LogP contribution in [0.3, 0.4) is 0 Å². The number of anilines is 1. The molecule has 1 heterocycles. The summed E-state index contributed by atoms with van der Waals surface area (Å²) in [5.41, 5.74) is 0.620. The van der Waals surface area contributed by atoms with Crippen LogP contribution in [-0.2, 0) is 12.6 Å². The lowest BCUT2D eigenvalue weighted by molar-refractivity contribution is -0.385. The first-order valence-electron chi connectivity index (χ1n) is 6.78. The predicted molar refractivity (Wildman–Crippen MR) is 79.3 cm³/mol. The Balaban J connectivity index is 1.93. The number of hydrogen-bond donors (Lipinski definition) is 1. The summed E-state index contributed by atoms with van der Waals surface area (Å²) >= 11 is 0. The van der Waals surface area contributed by atoms with Crippen LogP contribution in [0.15, 0.2) is 36.5 Å². The molecule has 23 heavy (non-hydrogen) atoms. The number of nitro groups is 1. The number of hydrogen-bond acceptors (Lipinski definition) is 4. The van der Waals surface area contributed by atoms with Gasteiger partial charge in [-0.15, -0.1) is 0 Å². The number of nitrogens with one attached hydrogen (secondary N) is 1. The van der Waals surface area contributed by atoms with Crippen molar-refractivity contribution in [2.75, 3.05) is 11.9 Å². The third kappa shape index (κ3) is 4.41. The first-order chi connectivity index (χ1) is 10.8. The maximum absolute atomic E-state index is 12.5. The molecule has 0 radical (unpaired) electrons. The van der Waals surface area contributed by atoms with Gasteiger partial charge in [-0.25, -0.2) is 4.98 Å². The fourth-order valence-electron chi connectivity index (χ4n) is 2.03. The van der Waals surface area contributed by atoms with Crippen molar-refractivity contribution >= 4 is 11.5 Å². The number of pyridine rings is 1. The molecule has 2 rings (SSSR count). The highest BCUT2D eigenvalue weighted by molar-refractivity contribution is 5.48. The molecule has 5 nitrogen and oxygen atoms in total. The van der Waals surface area contributed by atoms with Gasteiger partial charge >= 0.3 is 6.18 Å². The Kier molecular flexibility index (Phi) is 4.83. The number of nitrogens with zero attached hydrogens (tertiary/aromatic N) is 2. The van der Waals surface area contributed by atoms with Crippen LogP contribution in [0.1, 0.15) is 16.7 Å². The summed E-state index contributed by atoms with van der Waals surface area (Å²) in [4.78, 5) is 14.1. The Labute approximate surface area is 130 Å². The number of alkyl halides is 3. The summed E-state index contributed by atoms with van der Waals surface area (Å²) in [7, 11) is 0. The summed E-state index contributed by atoms with van der Waals surface area (Å²) in [6.07, 6.45) is -2.67. The van der Waals surface area contributed by atoms with Gasteiger partial charge in [0, 0.05) is 12.6 Å². The molecule has 0 atom stereocenters. The molecule has 0 aliphatic carbocycles. The molecule has 0 saturated carbocycles. The number of aryl methyl sites for hydroxylation is 1. The Morgan fingerprint density at radius 1 is 1.26 bits per heavy atom. The van der Waals surface area contributed by atoms with Crippen molar-refractivity contribution < 1.29 is 18.1 Å². The summed E-state index contributed by atoms with van der Waals surface area (Å²) < 4.78 is 37.4. The molecule has 8 heteroatoms. The van der Waals surface area contributed by atoms with Crippen molar-refractivity contribution in [3.63, 3.8) is 0 Å². The molecule has 0 aliphatic heterocycles. The second-order valence-corrected chi connectivity index (χ2v) is 4.99. The summed E-state index contributed by atoms with van der Waals surface area (Å²) in [5, 5.41) is 13.6.